The van der Waals surface area contributed by atoms with Crippen LogP contribution in [0.5, 0.6) is 0 Å². The summed E-state index contributed by atoms with van der Waals surface area (Å²) < 4.78 is 0. The highest BCUT2D eigenvalue weighted by Crippen LogP contribution is 2.30. The molecule has 11 nitrogen and oxygen atoms in total. The summed E-state index contributed by atoms with van der Waals surface area (Å²) in [5, 5.41) is 18.5. The number of carboxylic acids is 1. The number of likely N-dealkylation sites (tertiary alicyclic amines) is 1. The number of nitrogens with zero attached hydrogens (tertiary/aromatic N) is 2. The number of aryl methyl sites for hydroxylation is 2. The number of H-pyrrole nitrogens is 1. The van der Waals surface area contributed by atoms with Crippen LogP contribution < -0.4 is 21.6 Å². The molecule has 234 valence electrons. The number of aliphatic carboxylic acids is 1. The zero-order valence-electron chi connectivity index (χ0n) is 25.8. The molecule has 1 unspecified atom stereocenters. The summed E-state index contributed by atoms with van der Waals surface area (Å²) in [5.41, 5.74) is 2.29. The van der Waals surface area contributed by atoms with Crippen molar-refractivity contribution in [1.82, 2.24) is 25.5 Å². The fourth-order valence-corrected chi connectivity index (χ4v) is 6.03. The van der Waals surface area contributed by atoms with Gasteiger partial charge in [0.1, 0.15) is 11.9 Å². The number of amides is 3. The molecule has 1 aliphatic rings. The first kappa shape index (κ1) is 32.4. The quantitative estimate of drug-likeness (QED) is 0.222. The number of hydrogen-bond acceptors (Lipinski definition) is 6. The highest BCUT2D eigenvalue weighted by molar-refractivity contribution is 6.06. The number of anilines is 1. The minimum Gasteiger partial charge on any atom is -0.480 e. The molecule has 1 atom stereocenters. The van der Waals surface area contributed by atoms with Gasteiger partial charge in [0.25, 0.3) is 5.91 Å². The van der Waals surface area contributed by atoms with Crippen LogP contribution in [0.1, 0.15) is 65.7 Å². The van der Waals surface area contributed by atoms with E-state index in [1.165, 1.54) is 11.8 Å². The Morgan fingerprint density at radius 1 is 1.02 bits per heavy atom. The van der Waals surface area contributed by atoms with E-state index in [1.807, 2.05) is 24.3 Å². The van der Waals surface area contributed by atoms with Crippen molar-refractivity contribution in [1.29, 1.82) is 0 Å². The van der Waals surface area contributed by atoms with Crippen molar-refractivity contribution in [3.05, 3.63) is 93.0 Å². The number of nitrogens with one attached hydrogen (secondary N) is 4. The number of benzene rings is 2. The fourth-order valence-electron chi connectivity index (χ4n) is 6.03. The van der Waals surface area contributed by atoms with E-state index in [-0.39, 0.29) is 17.8 Å². The van der Waals surface area contributed by atoms with Crippen molar-refractivity contribution in [2.24, 2.45) is 5.92 Å². The van der Waals surface area contributed by atoms with Crippen LogP contribution in [0, 0.1) is 19.8 Å². The smallest absolute Gasteiger partial charge is 0.346 e. The molecule has 2 heterocycles. The number of carbonyl (C=O) groups excluding carboxylic acids is 2. The topological polar surface area (TPSA) is 157 Å². The summed E-state index contributed by atoms with van der Waals surface area (Å²) in [6, 6.07) is 13.8. The van der Waals surface area contributed by atoms with E-state index >= 15 is 0 Å². The Morgan fingerprint density at radius 2 is 1.68 bits per heavy atom. The maximum Gasteiger partial charge on any atom is 0.346 e. The Kier molecular flexibility index (Phi) is 10.5. The van der Waals surface area contributed by atoms with Crippen molar-refractivity contribution in [2.45, 2.75) is 71.5 Å². The zero-order valence-corrected chi connectivity index (χ0v) is 25.8. The van der Waals surface area contributed by atoms with Gasteiger partial charge in [-0.25, -0.2) is 19.4 Å². The second-order valence-electron chi connectivity index (χ2n) is 12.1. The van der Waals surface area contributed by atoms with Crippen LogP contribution in [0.2, 0.25) is 0 Å². The Bertz CT molecular complexity index is 1510. The number of carboxylic acid groups (broad SMARTS) is 1. The number of hydrogen-bond donors (Lipinski definition) is 5. The highest BCUT2D eigenvalue weighted by Gasteiger charge is 2.37. The van der Waals surface area contributed by atoms with Gasteiger partial charge in [-0.3, -0.25) is 14.7 Å². The van der Waals surface area contributed by atoms with E-state index in [9.17, 15) is 24.3 Å². The van der Waals surface area contributed by atoms with Gasteiger partial charge in [-0.1, -0.05) is 62.4 Å². The summed E-state index contributed by atoms with van der Waals surface area (Å²) >= 11 is 0. The van der Waals surface area contributed by atoms with Crippen LogP contribution in [0.3, 0.4) is 0 Å². The van der Waals surface area contributed by atoms with Crippen molar-refractivity contribution in [3.8, 4) is 0 Å². The first-order valence-corrected chi connectivity index (χ1v) is 15.0. The second kappa shape index (κ2) is 14.3. The highest BCUT2D eigenvalue weighted by atomic mass is 16.4. The van der Waals surface area contributed by atoms with Gasteiger partial charge in [-0.05, 0) is 55.7 Å². The lowest BCUT2D eigenvalue weighted by molar-refractivity contribution is -0.139. The summed E-state index contributed by atoms with van der Waals surface area (Å²) in [6.07, 6.45) is 3.24. The maximum atomic E-state index is 13.3. The number of piperidine rings is 1. The maximum absolute atomic E-state index is 13.3. The third-order valence-corrected chi connectivity index (χ3v) is 8.10. The van der Waals surface area contributed by atoms with Gasteiger partial charge in [0.2, 0.25) is 0 Å². The van der Waals surface area contributed by atoms with E-state index in [4.69, 9.17) is 0 Å². The fraction of sp³-hybridized carbons (Fsp3) is 0.424. The lowest BCUT2D eigenvalue weighted by Gasteiger charge is -2.43. The molecule has 3 aromatic rings. The molecule has 0 aliphatic carbocycles. The number of carbonyl (C=O) groups is 3. The van der Waals surface area contributed by atoms with E-state index in [0.717, 1.165) is 50.0 Å². The lowest BCUT2D eigenvalue weighted by atomic mass is 9.80. The van der Waals surface area contributed by atoms with Gasteiger partial charge in [0, 0.05) is 48.9 Å². The number of aromatic amines is 1. The molecule has 0 spiro atoms. The van der Waals surface area contributed by atoms with Crippen molar-refractivity contribution < 1.29 is 19.5 Å². The molecule has 0 saturated carbocycles. The van der Waals surface area contributed by atoms with Crippen LogP contribution in [0.15, 0.2) is 59.5 Å². The van der Waals surface area contributed by atoms with E-state index in [1.54, 1.807) is 26.0 Å². The molecule has 0 bridgehead atoms. The Balaban J connectivity index is 1.45. The Morgan fingerprint density at radius 3 is 2.30 bits per heavy atom. The molecule has 44 heavy (non-hydrogen) atoms. The van der Waals surface area contributed by atoms with E-state index in [2.05, 4.69) is 56.8 Å². The van der Waals surface area contributed by atoms with Gasteiger partial charge < -0.3 is 21.1 Å². The molecule has 1 fully saturated rings. The molecular weight excluding hydrogens is 560 g/mol. The average Bonchev–Trinajstić information content (AvgIpc) is 2.95. The van der Waals surface area contributed by atoms with Crippen LogP contribution in [-0.2, 0) is 17.8 Å². The molecule has 3 amide bonds. The Labute approximate surface area is 257 Å². The number of urea groups is 1. The number of rotatable bonds is 11. The third-order valence-electron chi connectivity index (χ3n) is 8.10. The molecule has 5 N–H and O–H groups in total. The molecule has 1 aromatic heterocycles. The monoisotopic (exact) mass is 602 g/mol. The molecule has 1 aliphatic heterocycles. The Hall–Kier alpha value is -4.51. The van der Waals surface area contributed by atoms with Gasteiger partial charge in [-0.15, -0.1) is 0 Å². The SMILES string of the molecule is Cc1cccc(C)c1C(=O)Nc1[nH]c(=O)ncc1CC(NC(=O)NC1(CC(C)C)CCN(Cc2ccccc2)CC1)C(=O)O. The largest absolute Gasteiger partial charge is 0.480 e. The first-order valence-electron chi connectivity index (χ1n) is 15.0. The summed E-state index contributed by atoms with van der Waals surface area (Å²) in [5.74, 6) is -1.35. The van der Waals surface area contributed by atoms with Crippen LogP contribution >= 0.6 is 0 Å². The molecule has 4 rings (SSSR count). The molecule has 1 saturated heterocycles. The van der Waals surface area contributed by atoms with Crippen molar-refractivity contribution in [2.75, 3.05) is 18.4 Å². The second-order valence-corrected chi connectivity index (χ2v) is 12.1. The molecular formula is C33H42N6O5. The first-order chi connectivity index (χ1) is 20.9. The van der Waals surface area contributed by atoms with Crippen molar-refractivity contribution in [3.63, 3.8) is 0 Å². The average molecular weight is 603 g/mol. The normalized spacial score (nSPS) is 15.4. The summed E-state index contributed by atoms with van der Waals surface area (Å²) in [4.78, 5) is 59.4. The molecule has 0 radical (unpaired) electrons. The summed E-state index contributed by atoms with van der Waals surface area (Å²) in [6.45, 7) is 10.3. The van der Waals surface area contributed by atoms with E-state index < -0.39 is 35.2 Å². The van der Waals surface area contributed by atoms with Gasteiger partial charge in [0.15, 0.2) is 0 Å². The molecule has 11 heteroatoms. The minimum atomic E-state index is -1.34. The van der Waals surface area contributed by atoms with Gasteiger partial charge in [0.05, 0.1) is 0 Å². The van der Waals surface area contributed by atoms with Crippen LogP contribution in [-0.4, -0.2) is 62.6 Å². The van der Waals surface area contributed by atoms with Crippen LogP contribution in [0.4, 0.5) is 10.6 Å². The molecule has 2 aromatic carbocycles. The van der Waals surface area contributed by atoms with E-state index in [0.29, 0.717) is 11.5 Å². The van der Waals surface area contributed by atoms with Crippen molar-refractivity contribution >= 4 is 23.7 Å². The predicted molar refractivity (Wildman–Crippen MR) is 169 cm³/mol. The van der Waals surface area contributed by atoms with Crippen LogP contribution in [0.25, 0.3) is 0 Å². The minimum absolute atomic E-state index is 0.0353. The lowest BCUT2D eigenvalue weighted by Crippen LogP contribution is -2.59. The van der Waals surface area contributed by atoms with Gasteiger partial charge >= 0.3 is 17.7 Å². The van der Waals surface area contributed by atoms with Gasteiger partial charge in [-0.2, -0.15) is 0 Å². The predicted octanol–water partition coefficient (Wildman–Crippen LogP) is 4.01. The summed E-state index contributed by atoms with van der Waals surface area (Å²) in [7, 11) is 0. The standard InChI is InChI=1S/C33H42N6O5/c1-21(2)18-33(13-15-39(16-14-33)20-24-11-6-5-7-12-24)38-32(44)35-26(30(41)42)17-25-19-34-31(43)37-28(25)36-29(40)27-22(3)9-8-10-23(27)4/h5-12,19,21,26H,13-18,20H2,1-4H3,(H,41,42)(H2,35,38,44)(H2,34,36,37,40,43). The third kappa shape index (κ3) is 8.53. The zero-order chi connectivity index (χ0) is 31.9. The number of aromatic nitrogens is 2.